The van der Waals surface area contributed by atoms with Crippen molar-refractivity contribution in [3.63, 3.8) is 0 Å². The number of aryl methyl sites for hydroxylation is 1. The second-order valence-electron chi connectivity index (χ2n) is 6.09. The molecule has 1 aliphatic carbocycles. The molecule has 0 aromatic heterocycles. The lowest BCUT2D eigenvalue weighted by Gasteiger charge is -2.20. The second-order valence-corrected chi connectivity index (χ2v) is 6.09. The quantitative estimate of drug-likeness (QED) is 0.852. The maximum Gasteiger partial charge on any atom is 0.0791 e. The van der Waals surface area contributed by atoms with Crippen LogP contribution < -0.4 is 5.32 Å². The van der Waals surface area contributed by atoms with Crippen LogP contribution in [-0.4, -0.2) is 43.3 Å². The number of nitrogens with one attached hydrogen (secondary N) is 1. The van der Waals surface area contributed by atoms with E-state index in [1.54, 1.807) is 0 Å². The number of benzene rings is 1. The number of likely N-dealkylation sites (N-methyl/N-ethyl adjacent to an activating group) is 1. The van der Waals surface area contributed by atoms with Gasteiger partial charge < -0.3 is 15.3 Å². The molecule has 0 amide bonds. The molecule has 3 unspecified atom stereocenters. The van der Waals surface area contributed by atoms with Gasteiger partial charge in [0.2, 0.25) is 0 Å². The van der Waals surface area contributed by atoms with Gasteiger partial charge in [0.1, 0.15) is 0 Å². The Bertz CT molecular complexity index is 431. The summed E-state index contributed by atoms with van der Waals surface area (Å²) < 4.78 is 0. The molecule has 1 aromatic rings. The standard InChI is InChI=1S/C16H26N2O/c1-11-6-5-7-14-15(8-12(2)16(11)14)17-9-13(19)10-18(3)4/h5-7,12-13,15,17,19H,8-10H2,1-4H3. The van der Waals surface area contributed by atoms with Gasteiger partial charge in [0.25, 0.3) is 0 Å². The highest BCUT2D eigenvalue weighted by atomic mass is 16.3. The Morgan fingerprint density at radius 2 is 2.16 bits per heavy atom. The zero-order valence-electron chi connectivity index (χ0n) is 12.5. The lowest BCUT2D eigenvalue weighted by atomic mass is 9.98. The second kappa shape index (κ2) is 6.04. The molecule has 3 heteroatoms. The van der Waals surface area contributed by atoms with Crippen molar-refractivity contribution in [3.8, 4) is 0 Å². The smallest absolute Gasteiger partial charge is 0.0791 e. The van der Waals surface area contributed by atoms with Gasteiger partial charge in [0.05, 0.1) is 6.10 Å². The van der Waals surface area contributed by atoms with E-state index < -0.39 is 0 Å². The van der Waals surface area contributed by atoms with Crippen molar-refractivity contribution in [2.24, 2.45) is 0 Å². The minimum atomic E-state index is -0.306. The summed E-state index contributed by atoms with van der Waals surface area (Å²) in [6.45, 7) is 5.85. The van der Waals surface area contributed by atoms with E-state index >= 15 is 0 Å². The molecule has 0 saturated carbocycles. The third-order valence-electron chi connectivity index (χ3n) is 3.99. The van der Waals surface area contributed by atoms with Gasteiger partial charge in [0.15, 0.2) is 0 Å². The third-order valence-corrected chi connectivity index (χ3v) is 3.99. The summed E-state index contributed by atoms with van der Waals surface area (Å²) in [7, 11) is 3.97. The van der Waals surface area contributed by atoms with Crippen molar-refractivity contribution in [1.29, 1.82) is 0 Å². The van der Waals surface area contributed by atoms with Crippen molar-refractivity contribution in [2.75, 3.05) is 27.2 Å². The van der Waals surface area contributed by atoms with E-state index in [1.165, 1.54) is 16.7 Å². The molecule has 3 atom stereocenters. The van der Waals surface area contributed by atoms with E-state index in [0.717, 1.165) is 6.42 Å². The highest BCUT2D eigenvalue weighted by Crippen LogP contribution is 2.41. The lowest BCUT2D eigenvalue weighted by Crippen LogP contribution is -2.36. The Labute approximate surface area is 116 Å². The van der Waals surface area contributed by atoms with Crippen molar-refractivity contribution < 1.29 is 5.11 Å². The fraction of sp³-hybridized carbons (Fsp3) is 0.625. The van der Waals surface area contributed by atoms with Gasteiger partial charge in [-0.05, 0) is 50.0 Å². The van der Waals surface area contributed by atoms with Crippen molar-refractivity contribution in [2.45, 2.75) is 38.3 Å². The average molecular weight is 262 g/mol. The van der Waals surface area contributed by atoms with Crippen LogP contribution in [0.4, 0.5) is 0 Å². The van der Waals surface area contributed by atoms with Crippen LogP contribution in [0.2, 0.25) is 0 Å². The normalized spacial score (nSPS) is 23.7. The van der Waals surface area contributed by atoms with Crippen LogP contribution in [0.5, 0.6) is 0 Å². The number of hydrogen-bond donors (Lipinski definition) is 2. The number of aliphatic hydroxyl groups excluding tert-OH is 1. The number of nitrogens with zero attached hydrogens (tertiary/aromatic N) is 1. The first kappa shape index (κ1) is 14.5. The van der Waals surface area contributed by atoms with E-state index in [2.05, 4.69) is 37.4 Å². The molecule has 106 valence electrons. The summed E-state index contributed by atoms with van der Waals surface area (Å²) in [6.07, 6.45) is 0.827. The lowest BCUT2D eigenvalue weighted by molar-refractivity contribution is 0.131. The molecule has 0 heterocycles. The van der Waals surface area contributed by atoms with Gasteiger partial charge in [-0.15, -0.1) is 0 Å². The molecule has 0 aliphatic heterocycles. The minimum absolute atomic E-state index is 0.306. The zero-order chi connectivity index (χ0) is 14.0. The first-order valence-electron chi connectivity index (χ1n) is 7.14. The summed E-state index contributed by atoms with van der Waals surface area (Å²) >= 11 is 0. The molecule has 0 spiro atoms. The molecule has 3 nitrogen and oxygen atoms in total. The number of hydrogen-bond acceptors (Lipinski definition) is 3. The predicted octanol–water partition coefficient (Wildman–Crippen LogP) is 2.06. The molecule has 0 bridgehead atoms. The van der Waals surface area contributed by atoms with Crippen LogP contribution in [0.3, 0.4) is 0 Å². The summed E-state index contributed by atoms with van der Waals surface area (Å²) in [5.41, 5.74) is 4.31. The third kappa shape index (κ3) is 3.35. The Kier molecular flexibility index (Phi) is 4.61. The predicted molar refractivity (Wildman–Crippen MR) is 79.5 cm³/mol. The van der Waals surface area contributed by atoms with Gasteiger partial charge in [-0.1, -0.05) is 25.1 Å². The number of aliphatic hydroxyl groups is 1. The van der Waals surface area contributed by atoms with Crippen molar-refractivity contribution in [1.82, 2.24) is 10.2 Å². The van der Waals surface area contributed by atoms with E-state index in [0.29, 0.717) is 25.0 Å². The van der Waals surface area contributed by atoms with Gasteiger partial charge in [-0.2, -0.15) is 0 Å². The van der Waals surface area contributed by atoms with Crippen LogP contribution in [0.1, 0.15) is 42.0 Å². The van der Waals surface area contributed by atoms with Crippen LogP contribution in [0.15, 0.2) is 18.2 Å². The van der Waals surface area contributed by atoms with E-state index in [1.807, 2.05) is 19.0 Å². The van der Waals surface area contributed by atoms with Crippen molar-refractivity contribution in [3.05, 3.63) is 34.9 Å². The molecule has 0 fully saturated rings. The van der Waals surface area contributed by atoms with Crippen LogP contribution in [0.25, 0.3) is 0 Å². The molecule has 0 saturated heterocycles. The molecule has 19 heavy (non-hydrogen) atoms. The maximum absolute atomic E-state index is 9.94. The average Bonchev–Trinajstić information content (AvgIpc) is 2.64. The monoisotopic (exact) mass is 262 g/mol. The molecule has 1 aliphatic rings. The summed E-state index contributed by atoms with van der Waals surface area (Å²) in [5.74, 6) is 0.611. The Morgan fingerprint density at radius 3 is 2.84 bits per heavy atom. The molecule has 2 N–H and O–H groups in total. The summed E-state index contributed by atoms with van der Waals surface area (Å²) in [6, 6.07) is 6.94. The Hall–Kier alpha value is -0.900. The Balaban J connectivity index is 1.99. The van der Waals surface area contributed by atoms with Crippen LogP contribution >= 0.6 is 0 Å². The fourth-order valence-corrected chi connectivity index (χ4v) is 3.24. The van der Waals surface area contributed by atoms with Gasteiger partial charge in [-0.3, -0.25) is 0 Å². The zero-order valence-corrected chi connectivity index (χ0v) is 12.5. The number of fused-ring (bicyclic) bond motifs is 1. The summed E-state index contributed by atoms with van der Waals surface area (Å²) in [5, 5.41) is 13.5. The first-order valence-corrected chi connectivity index (χ1v) is 7.14. The Morgan fingerprint density at radius 1 is 1.42 bits per heavy atom. The van der Waals surface area contributed by atoms with Gasteiger partial charge >= 0.3 is 0 Å². The molecular formula is C16H26N2O. The topological polar surface area (TPSA) is 35.5 Å². The highest BCUT2D eigenvalue weighted by Gasteiger charge is 2.29. The van der Waals surface area contributed by atoms with E-state index in [9.17, 15) is 5.11 Å². The summed E-state index contributed by atoms with van der Waals surface area (Å²) in [4.78, 5) is 2.02. The van der Waals surface area contributed by atoms with Gasteiger partial charge in [-0.25, -0.2) is 0 Å². The van der Waals surface area contributed by atoms with Crippen LogP contribution in [0, 0.1) is 6.92 Å². The van der Waals surface area contributed by atoms with E-state index in [4.69, 9.17) is 0 Å². The molecule has 1 aromatic carbocycles. The molecular weight excluding hydrogens is 236 g/mol. The largest absolute Gasteiger partial charge is 0.390 e. The maximum atomic E-state index is 9.94. The van der Waals surface area contributed by atoms with E-state index in [-0.39, 0.29) is 6.10 Å². The first-order chi connectivity index (χ1) is 8.99. The fourth-order valence-electron chi connectivity index (χ4n) is 3.24. The van der Waals surface area contributed by atoms with Crippen LogP contribution in [-0.2, 0) is 0 Å². The highest BCUT2D eigenvalue weighted by molar-refractivity contribution is 5.43. The van der Waals surface area contributed by atoms with Gasteiger partial charge in [0, 0.05) is 19.1 Å². The number of rotatable bonds is 5. The SMILES string of the molecule is Cc1cccc2c1C(C)CC2NCC(O)CN(C)C. The molecule has 0 radical (unpaired) electrons. The van der Waals surface area contributed by atoms with Crippen molar-refractivity contribution >= 4 is 0 Å². The molecule has 2 rings (SSSR count). The minimum Gasteiger partial charge on any atom is -0.390 e.